The van der Waals surface area contributed by atoms with Gasteiger partial charge in [-0.1, -0.05) is 0 Å². The van der Waals surface area contributed by atoms with Gasteiger partial charge < -0.3 is 19.5 Å². The SMILES string of the molecule is OC1COCC1Oc1nc(N2CCCC2)nc2c1CCC2. The highest BCUT2D eigenvalue weighted by Crippen LogP contribution is 2.32. The van der Waals surface area contributed by atoms with Gasteiger partial charge in [-0.3, -0.25) is 0 Å². The second-order valence-corrected chi connectivity index (χ2v) is 6.06. The molecule has 21 heavy (non-hydrogen) atoms. The topological polar surface area (TPSA) is 67.7 Å². The third-order valence-electron chi connectivity index (χ3n) is 4.54. The van der Waals surface area contributed by atoms with Crippen molar-refractivity contribution in [1.29, 1.82) is 0 Å². The van der Waals surface area contributed by atoms with E-state index >= 15 is 0 Å². The summed E-state index contributed by atoms with van der Waals surface area (Å²) in [5.41, 5.74) is 2.24. The first kappa shape index (κ1) is 13.3. The van der Waals surface area contributed by atoms with E-state index in [2.05, 4.69) is 9.88 Å². The smallest absolute Gasteiger partial charge is 0.228 e. The highest BCUT2D eigenvalue weighted by molar-refractivity contribution is 5.43. The number of aliphatic hydroxyl groups is 1. The van der Waals surface area contributed by atoms with Crippen molar-refractivity contribution < 1.29 is 14.6 Å². The van der Waals surface area contributed by atoms with Gasteiger partial charge in [-0.2, -0.15) is 4.98 Å². The molecule has 6 heteroatoms. The lowest BCUT2D eigenvalue weighted by Crippen LogP contribution is -2.31. The van der Waals surface area contributed by atoms with Crippen molar-refractivity contribution in [2.75, 3.05) is 31.2 Å². The maximum Gasteiger partial charge on any atom is 0.228 e. The molecule has 0 saturated carbocycles. The van der Waals surface area contributed by atoms with Crippen LogP contribution in [0.5, 0.6) is 5.88 Å². The summed E-state index contributed by atoms with van der Waals surface area (Å²) in [5, 5.41) is 9.88. The van der Waals surface area contributed by atoms with Gasteiger partial charge in [0.2, 0.25) is 11.8 Å². The Balaban J connectivity index is 1.64. The third-order valence-corrected chi connectivity index (χ3v) is 4.54. The number of aryl methyl sites for hydroxylation is 1. The van der Waals surface area contributed by atoms with Crippen LogP contribution in [0.2, 0.25) is 0 Å². The highest BCUT2D eigenvalue weighted by atomic mass is 16.6. The number of anilines is 1. The van der Waals surface area contributed by atoms with E-state index in [4.69, 9.17) is 14.5 Å². The maximum atomic E-state index is 9.88. The highest BCUT2D eigenvalue weighted by Gasteiger charge is 2.31. The summed E-state index contributed by atoms with van der Waals surface area (Å²) in [7, 11) is 0. The number of fused-ring (bicyclic) bond motifs is 1. The van der Waals surface area contributed by atoms with Crippen molar-refractivity contribution in [3.05, 3.63) is 11.3 Å². The Morgan fingerprint density at radius 2 is 1.95 bits per heavy atom. The second kappa shape index (κ2) is 5.42. The molecule has 1 aromatic heterocycles. The minimum Gasteiger partial charge on any atom is -0.469 e. The molecular weight excluding hydrogens is 270 g/mol. The molecule has 1 aliphatic carbocycles. The zero-order valence-electron chi connectivity index (χ0n) is 12.1. The molecular formula is C15H21N3O3. The molecule has 2 aliphatic heterocycles. The van der Waals surface area contributed by atoms with Crippen molar-refractivity contribution in [3.63, 3.8) is 0 Å². The van der Waals surface area contributed by atoms with E-state index in [1.165, 1.54) is 12.8 Å². The Morgan fingerprint density at radius 3 is 2.71 bits per heavy atom. The van der Waals surface area contributed by atoms with Crippen LogP contribution in [-0.4, -0.2) is 53.6 Å². The van der Waals surface area contributed by atoms with E-state index in [1.807, 2.05) is 0 Å². The van der Waals surface area contributed by atoms with Crippen LogP contribution >= 0.6 is 0 Å². The monoisotopic (exact) mass is 291 g/mol. The Kier molecular flexibility index (Phi) is 3.43. The number of hydrogen-bond donors (Lipinski definition) is 1. The summed E-state index contributed by atoms with van der Waals surface area (Å²) < 4.78 is 11.2. The van der Waals surface area contributed by atoms with Crippen LogP contribution in [-0.2, 0) is 17.6 Å². The minimum atomic E-state index is -0.563. The molecule has 3 heterocycles. The molecule has 0 bridgehead atoms. The molecule has 2 fully saturated rings. The van der Waals surface area contributed by atoms with Crippen LogP contribution in [0.15, 0.2) is 0 Å². The Bertz CT molecular complexity index is 531. The van der Waals surface area contributed by atoms with Crippen molar-refractivity contribution in [3.8, 4) is 5.88 Å². The molecule has 2 atom stereocenters. The fourth-order valence-electron chi connectivity index (χ4n) is 3.32. The van der Waals surface area contributed by atoms with Gasteiger partial charge in [0.15, 0.2) is 6.10 Å². The molecule has 0 aromatic carbocycles. The normalized spacial score (nSPS) is 28.1. The second-order valence-electron chi connectivity index (χ2n) is 6.06. The number of hydrogen-bond acceptors (Lipinski definition) is 6. The van der Waals surface area contributed by atoms with Crippen molar-refractivity contribution in [2.45, 2.75) is 44.3 Å². The Morgan fingerprint density at radius 1 is 1.10 bits per heavy atom. The van der Waals surface area contributed by atoms with Crippen LogP contribution in [0.25, 0.3) is 0 Å². The van der Waals surface area contributed by atoms with E-state index in [9.17, 15) is 5.11 Å². The molecule has 6 nitrogen and oxygen atoms in total. The summed E-state index contributed by atoms with van der Waals surface area (Å²) in [4.78, 5) is 11.6. The fourth-order valence-corrected chi connectivity index (χ4v) is 3.32. The van der Waals surface area contributed by atoms with E-state index in [1.54, 1.807) is 0 Å². The van der Waals surface area contributed by atoms with Gasteiger partial charge in [0, 0.05) is 18.7 Å². The van der Waals surface area contributed by atoms with Crippen LogP contribution < -0.4 is 9.64 Å². The summed E-state index contributed by atoms with van der Waals surface area (Å²) in [6, 6.07) is 0. The third kappa shape index (κ3) is 2.46. The largest absolute Gasteiger partial charge is 0.469 e. The van der Waals surface area contributed by atoms with Crippen molar-refractivity contribution in [2.24, 2.45) is 0 Å². The molecule has 114 valence electrons. The predicted octanol–water partition coefficient (Wildman–Crippen LogP) is 0.704. The first-order valence-electron chi connectivity index (χ1n) is 7.88. The molecule has 1 aromatic rings. The standard InChI is InChI=1S/C15H21N3O3/c19-12-8-20-9-13(12)21-14-10-4-3-5-11(10)16-15(17-14)18-6-1-2-7-18/h12-13,19H,1-9H2. The van der Waals surface area contributed by atoms with Crippen LogP contribution in [0.1, 0.15) is 30.5 Å². The predicted molar refractivity (Wildman–Crippen MR) is 76.7 cm³/mol. The zero-order chi connectivity index (χ0) is 14.2. The molecule has 0 radical (unpaired) electrons. The van der Waals surface area contributed by atoms with Gasteiger partial charge in [-0.25, -0.2) is 4.98 Å². The number of nitrogens with zero attached hydrogens (tertiary/aromatic N) is 3. The van der Waals surface area contributed by atoms with Gasteiger partial charge in [-0.05, 0) is 32.1 Å². The Hall–Kier alpha value is -1.40. The summed E-state index contributed by atoms with van der Waals surface area (Å²) in [6.07, 6.45) is 4.60. The average molecular weight is 291 g/mol. The van der Waals surface area contributed by atoms with E-state index in [0.29, 0.717) is 19.1 Å². The maximum absolute atomic E-state index is 9.88. The molecule has 2 unspecified atom stereocenters. The van der Waals surface area contributed by atoms with Gasteiger partial charge in [0.25, 0.3) is 0 Å². The van der Waals surface area contributed by atoms with Gasteiger partial charge in [0.05, 0.1) is 18.9 Å². The number of rotatable bonds is 3. The van der Waals surface area contributed by atoms with Crippen molar-refractivity contribution >= 4 is 5.95 Å². The van der Waals surface area contributed by atoms with Crippen LogP contribution in [0, 0.1) is 0 Å². The van der Waals surface area contributed by atoms with Gasteiger partial charge in [0.1, 0.15) is 6.10 Å². The first-order chi connectivity index (χ1) is 10.3. The quantitative estimate of drug-likeness (QED) is 0.884. The van der Waals surface area contributed by atoms with E-state index in [-0.39, 0.29) is 6.10 Å². The lowest BCUT2D eigenvalue weighted by atomic mass is 10.2. The average Bonchev–Trinajstić information content (AvgIpc) is 3.20. The molecule has 2 saturated heterocycles. The molecule has 4 rings (SSSR count). The molecule has 0 spiro atoms. The van der Waals surface area contributed by atoms with Gasteiger partial charge >= 0.3 is 0 Å². The summed E-state index contributed by atoms with van der Waals surface area (Å²) in [6.45, 7) is 2.82. The first-order valence-corrected chi connectivity index (χ1v) is 7.88. The van der Waals surface area contributed by atoms with E-state index in [0.717, 1.165) is 49.6 Å². The van der Waals surface area contributed by atoms with Crippen LogP contribution in [0.4, 0.5) is 5.95 Å². The molecule has 1 N–H and O–H groups in total. The minimum absolute atomic E-state index is 0.309. The van der Waals surface area contributed by atoms with Crippen molar-refractivity contribution in [1.82, 2.24) is 9.97 Å². The number of ether oxygens (including phenoxy) is 2. The lowest BCUT2D eigenvalue weighted by molar-refractivity contribution is 0.0697. The molecule has 0 amide bonds. The Labute approximate surface area is 124 Å². The number of aliphatic hydroxyl groups excluding tert-OH is 1. The fraction of sp³-hybridized carbons (Fsp3) is 0.733. The lowest BCUT2D eigenvalue weighted by Gasteiger charge is -2.20. The van der Waals surface area contributed by atoms with Crippen LogP contribution in [0.3, 0.4) is 0 Å². The molecule has 3 aliphatic rings. The summed E-state index contributed by atoms with van der Waals surface area (Å²) in [5.74, 6) is 1.45. The zero-order valence-corrected chi connectivity index (χ0v) is 12.1. The number of aromatic nitrogens is 2. The van der Waals surface area contributed by atoms with E-state index < -0.39 is 6.10 Å². The summed E-state index contributed by atoms with van der Waals surface area (Å²) >= 11 is 0. The van der Waals surface area contributed by atoms with Gasteiger partial charge in [-0.15, -0.1) is 0 Å².